The van der Waals surface area contributed by atoms with Crippen molar-refractivity contribution < 1.29 is 4.79 Å². The van der Waals surface area contributed by atoms with E-state index in [-0.39, 0.29) is 5.91 Å². The quantitative estimate of drug-likeness (QED) is 0.706. The Morgan fingerprint density at radius 3 is 2.25 bits per heavy atom. The van der Waals surface area contributed by atoms with Gasteiger partial charge in [-0.15, -0.1) is 0 Å². The number of anilines is 2. The van der Waals surface area contributed by atoms with Gasteiger partial charge in [-0.3, -0.25) is 4.79 Å². The van der Waals surface area contributed by atoms with Gasteiger partial charge in [0, 0.05) is 23.5 Å². The number of hydrogen-bond donors (Lipinski definition) is 2. The molecule has 0 aliphatic rings. The van der Waals surface area contributed by atoms with Crippen molar-refractivity contribution in [3.8, 4) is 0 Å². The molecule has 0 bridgehead atoms. The molecular weight excluding hydrogens is 296 g/mol. The van der Waals surface area contributed by atoms with Gasteiger partial charge in [0.2, 0.25) is 0 Å². The number of benzene rings is 3. The molecular formula is C21H20N2O. The summed E-state index contributed by atoms with van der Waals surface area (Å²) in [6.07, 6.45) is 0. The summed E-state index contributed by atoms with van der Waals surface area (Å²) >= 11 is 0. The number of carbonyl (C=O) groups excluding carboxylic acids is 1. The van der Waals surface area contributed by atoms with Crippen molar-refractivity contribution in [2.75, 3.05) is 10.6 Å². The first kappa shape index (κ1) is 15.8. The van der Waals surface area contributed by atoms with Crippen molar-refractivity contribution in [1.29, 1.82) is 0 Å². The van der Waals surface area contributed by atoms with Gasteiger partial charge in [-0.2, -0.15) is 0 Å². The zero-order valence-corrected chi connectivity index (χ0v) is 13.6. The smallest absolute Gasteiger partial charge is 0.255 e. The highest BCUT2D eigenvalue weighted by atomic mass is 16.1. The first-order valence-corrected chi connectivity index (χ1v) is 7.96. The predicted octanol–water partition coefficient (Wildman–Crippen LogP) is 4.86. The molecule has 1 amide bonds. The number of carbonyl (C=O) groups is 1. The van der Waals surface area contributed by atoms with Crippen LogP contribution < -0.4 is 10.6 Å². The van der Waals surface area contributed by atoms with Gasteiger partial charge >= 0.3 is 0 Å². The molecule has 3 aromatic rings. The largest absolute Gasteiger partial charge is 0.381 e. The van der Waals surface area contributed by atoms with Crippen molar-refractivity contribution in [2.45, 2.75) is 13.5 Å². The summed E-state index contributed by atoms with van der Waals surface area (Å²) in [6.45, 7) is 2.87. The molecule has 120 valence electrons. The van der Waals surface area contributed by atoms with E-state index in [2.05, 4.69) is 41.8 Å². The van der Waals surface area contributed by atoms with Crippen LogP contribution >= 0.6 is 0 Å². The number of hydrogen-bond acceptors (Lipinski definition) is 2. The molecule has 0 spiro atoms. The van der Waals surface area contributed by atoms with E-state index in [0.717, 1.165) is 17.9 Å². The normalized spacial score (nSPS) is 10.2. The minimum absolute atomic E-state index is 0.101. The minimum Gasteiger partial charge on any atom is -0.381 e. The summed E-state index contributed by atoms with van der Waals surface area (Å²) in [6, 6.07) is 25.4. The Labute approximate surface area is 142 Å². The Kier molecular flexibility index (Phi) is 4.92. The Balaban J connectivity index is 1.58. The van der Waals surface area contributed by atoms with Gasteiger partial charge in [-0.25, -0.2) is 0 Å². The lowest BCUT2D eigenvalue weighted by Crippen LogP contribution is -2.11. The lowest BCUT2D eigenvalue weighted by molar-refractivity contribution is 0.102. The second-order valence-electron chi connectivity index (χ2n) is 5.74. The summed E-state index contributed by atoms with van der Waals surface area (Å²) in [7, 11) is 0. The van der Waals surface area contributed by atoms with Crippen molar-refractivity contribution in [2.24, 2.45) is 0 Å². The van der Waals surface area contributed by atoms with Crippen LogP contribution in [-0.2, 0) is 6.54 Å². The average Bonchev–Trinajstić information content (AvgIpc) is 2.62. The molecule has 3 aromatic carbocycles. The van der Waals surface area contributed by atoms with Crippen LogP contribution in [-0.4, -0.2) is 5.91 Å². The monoisotopic (exact) mass is 316 g/mol. The molecule has 0 aromatic heterocycles. The maximum absolute atomic E-state index is 12.1. The van der Waals surface area contributed by atoms with E-state index in [1.165, 1.54) is 11.1 Å². The lowest BCUT2D eigenvalue weighted by Gasteiger charge is -2.09. The summed E-state index contributed by atoms with van der Waals surface area (Å²) in [5, 5.41) is 6.29. The number of amides is 1. The molecule has 0 saturated heterocycles. The molecule has 2 N–H and O–H groups in total. The van der Waals surface area contributed by atoms with Crippen LogP contribution in [0.3, 0.4) is 0 Å². The fourth-order valence-electron chi connectivity index (χ4n) is 2.49. The highest BCUT2D eigenvalue weighted by Gasteiger charge is 2.04. The molecule has 24 heavy (non-hydrogen) atoms. The van der Waals surface area contributed by atoms with Crippen molar-refractivity contribution in [3.63, 3.8) is 0 Å². The zero-order chi connectivity index (χ0) is 16.8. The summed E-state index contributed by atoms with van der Waals surface area (Å²) < 4.78 is 0. The summed E-state index contributed by atoms with van der Waals surface area (Å²) in [5.74, 6) is -0.101. The summed E-state index contributed by atoms with van der Waals surface area (Å²) in [5.41, 5.74) is 4.96. The van der Waals surface area contributed by atoms with Crippen LogP contribution in [0.5, 0.6) is 0 Å². The second-order valence-corrected chi connectivity index (χ2v) is 5.74. The maximum atomic E-state index is 12.1. The van der Waals surface area contributed by atoms with E-state index >= 15 is 0 Å². The van der Waals surface area contributed by atoms with Crippen molar-refractivity contribution in [1.82, 2.24) is 0 Å². The molecule has 0 fully saturated rings. The molecule has 0 aliphatic heterocycles. The molecule has 0 heterocycles. The fraction of sp³-hybridized carbons (Fsp3) is 0.0952. The van der Waals surface area contributed by atoms with Gasteiger partial charge in [-0.05, 0) is 48.9 Å². The van der Waals surface area contributed by atoms with Crippen LogP contribution in [0, 0.1) is 6.92 Å². The standard InChI is InChI=1S/C21H20N2O/c1-16-6-5-7-17(14-16)15-22-19-10-12-20(13-11-19)23-21(24)18-8-3-2-4-9-18/h2-14,22H,15H2,1H3,(H,23,24). The van der Waals surface area contributed by atoms with Gasteiger partial charge in [-0.1, -0.05) is 48.0 Å². The molecule has 3 rings (SSSR count). The topological polar surface area (TPSA) is 41.1 Å². The third kappa shape index (κ3) is 4.23. The van der Waals surface area contributed by atoms with Gasteiger partial charge in [0.25, 0.3) is 5.91 Å². The van der Waals surface area contributed by atoms with E-state index in [0.29, 0.717) is 5.56 Å². The van der Waals surface area contributed by atoms with E-state index in [4.69, 9.17) is 0 Å². The fourth-order valence-corrected chi connectivity index (χ4v) is 2.49. The Morgan fingerprint density at radius 1 is 0.833 bits per heavy atom. The van der Waals surface area contributed by atoms with Crippen LogP contribution in [0.25, 0.3) is 0 Å². The average molecular weight is 316 g/mol. The van der Waals surface area contributed by atoms with Crippen molar-refractivity contribution in [3.05, 3.63) is 95.6 Å². The highest BCUT2D eigenvalue weighted by Crippen LogP contribution is 2.16. The molecule has 0 unspecified atom stereocenters. The van der Waals surface area contributed by atoms with E-state index in [9.17, 15) is 4.79 Å². The molecule has 0 aliphatic carbocycles. The Morgan fingerprint density at radius 2 is 1.54 bits per heavy atom. The molecule has 3 nitrogen and oxygen atoms in total. The third-order valence-electron chi connectivity index (χ3n) is 3.76. The Hall–Kier alpha value is -3.07. The van der Waals surface area contributed by atoms with Crippen LogP contribution in [0.4, 0.5) is 11.4 Å². The molecule has 0 atom stereocenters. The maximum Gasteiger partial charge on any atom is 0.255 e. The van der Waals surface area contributed by atoms with Crippen LogP contribution in [0.15, 0.2) is 78.9 Å². The van der Waals surface area contributed by atoms with Gasteiger partial charge < -0.3 is 10.6 Å². The van der Waals surface area contributed by atoms with Crippen LogP contribution in [0.1, 0.15) is 21.5 Å². The molecule has 0 saturated carbocycles. The van der Waals surface area contributed by atoms with Gasteiger partial charge in [0.15, 0.2) is 0 Å². The highest BCUT2D eigenvalue weighted by molar-refractivity contribution is 6.04. The minimum atomic E-state index is -0.101. The lowest BCUT2D eigenvalue weighted by atomic mass is 10.1. The zero-order valence-electron chi connectivity index (χ0n) is 13.6. The van der Waals surface area contributed by atoms with E-state index < -0.39 is 0 Å². The second kappa shape index (κ2) is 7.47. The molecule has 3 heteroatoms. The van der Waals surface area contributed by atoms with Gasteiger partial charge in [0.05, 0.1) is 0 Å². The SMILES string of the molecule is Cc1cccc(CNc2ccc(NC(=O)c3ccccc3)cc2)c1. The number of nitrogens with one attached hydrogen (secondary N) is 2. The van der Waals surface area contributed by atoms with Gasteiger partial charge in [0.1, 0.15) is 0 Å². The third-order valence-corrected chi connectivity index (χ3v) is 3.76. The summed E-state index contributed by atoms with van der Waals surface area (Å²) in [4.78, 5) is 12.1. The number of rotatable bonds is 5. The number of aryl methyl sites for hydroxylation is 1. The first-order chi connectivity index (χ1) is 11.7. The molecule has 0 radical (unpaired) electrons. The Bertz CT molecular complexity index is 811. The predicted molar refractivity (Wildman–Crippen MR) is 99.3 cm³/mol. The van der Waals surface area contributed by atoms with Crippen LogP contribution in [0.2, 0.25) is 0 Å². The van der Waals surface area contributed by atoms with Crippen molar-refractivity contribution >= 4 is 17.3 Å². The van der Waals surface area contributed by atoms with E-state index in [1.54, 1.807) is 12.1 Å². The van der Waals surface area contributed by atoms with E-state index in [1.807, 2.05) is 42.5 Å². The first-order valence-electron chi connectivity index (χ1n) is 7.96.